The van der Waals surface area contributed by atoms with Crippen LogP contribution in [0.5, 0.6) is 0 Å². The van der Waals surface area contributed by atoms with E-state index in [0.717, 1.165) is 24.5 Å². The minimum atomic E-state index is -0.791. The van der Waals surface area contributed by atoms with Gasteiger partial charge in [0.05, 0.1) is 10.5 Å². The number of amides is 1. The lowest BCUT2D eigenvalue weighted by Gasteiger charge is -2.12. The van der Waals surface area contributed by atoms with Crippen LogP contribution >= 0.6 is 0 Å². The molecule has 0 heterocycles. The fraction of sp³-hybridized carbons (Fsp3) is 0.263. The van der Waals surface area contributed by atoms with Gasteiger partial charge in [0.25, 0.3) is 11.6 Å². The summed E-state index contributed by atoms with van der Waals surface area (Å²) in [6, 6.07) is 13.6. The largest absolute Gasteiger partial charge is 0.452 e. The Balaban J connectivity index is 1.71. The Morgan fingerprint density at radius 3 is 2.56 bits per heavy atom. The average molecular weight is 369 g/mol. The molecule has 0 radical (unpaired) electrons. The monoisotopic (exact) mass is 369 g/mol. The standard InChI is InChI=1S/C19H19N3O5/c23-18(21-14-6-7-14)12-27-19(24)16-10-15(22(25)26)8-9-17(16)20-11-13-4-2-1-3-5-13/h1-5,8-10,14,20H,6-7,11-12H2,(H,21,23). The van der Waals surface area contributed by atoms with E-state index in [1.165, 1.54) is 12.1 Å². The molecule has 140 valence electrons. The second-order valence-corrected chi connectivity index (χ2v) is 6.24. The van der Waals surface area contributed by atoms with Gasteiger partial charge in [0.1, 0.15) is 0 Å². The van der Waals surface area contributed by atoms with Crippen LogP contribution in [0, 0.1) is 10.1 Å². The van der Waals surface area contributed by atoms with Crippen LogP contribution in [-0.4, -0.2) is 29.4 Å². The summed E-state index contributed by atoms with van der Waals surface area (Å²) in [5, 5.41) is 16.8. The zero-order chi connectivity index (χ0) is 19.2. The van der Waals surface area contributed by atoms with E-state index in [1.807, 2.05) is 30.3 Å². The summed E-state index contributed by atoms with van der Waals surface area (Å²) in [4.78, 5) is 34.5. The number of rotatable bonds is 8. The summed E-state index contributed by atoms with van der Waals surface area (Å²) in [6.07, 6.45) is 1.86. The molecule has 8 heteroatoms. The number of hydrogen-bond donors (Lipinski definition) is 2. The number of nitrogens with zero attached hydrogens (tertiary/aromatic N) is 1. The number of carbonyl (C=O) groups excluding carboxylic acids is 2. The molecule has 1 amide bonds. The van der Waals surface area contributed by atoms with Gasteiger partial charge >= 0.3 is 5.97 Å². The summed E-state index contributed by atoms with van der Waals surface area (Å²) < 4.78 is 5.03. The third kappa shape index (κ3) is 5.27. The minimum absolute atomic E-state index is 0.0133. The third-order valence-corrected chi connectivity index (χ3v) is 4.04. The molecule has 0 atom stereocenters. The molecule has 2 aromatic carbocycles. The number of hydrogen-bond acceptors (Lipinski definition) is 6. The topological polar surface area (TPSA) is 111 Å². The molecule has 0 bridgehead atoms. The molecule has 0 aromatic heterocycles. The predicted octanol–water partition coefficient (Wildman–Crippen LogP) is 2.64. The van der Waals surface area contributed by atoms with Gasteiger partial charge in [-0.25, -0.2) is 4.79 Å². The highest BCUT2D eigenvalue weighted by Crippen LogP contribution is 2.24. The molecule has 1 aliphatic carbocycles. The van der Waals surface area contributed by atoms with Gasteiger partial charge in [-0.15, -0.1) is 0 Å². The molecule has 1 fully saturated rings. The molecule has 2 aromatic rings. The molecular formula is C19H19N3O5. The molecule has 1 saturated carbocycles. The summed E-state index contributed by atoms with van der Waals surface area (Å²) in [5.41, 5.74) is 1.17. The first-order chi connectivity index (χ1) is 13.0. The molecule has 1 aliphatic rings. The normalized spacial score (nSPS) is 12.9. The number of nitro groups is 1. The smallest absolute Gasteiger partial charge is 0.341 e. The van der Waals surface area contributed by atoms with Crippen molar-refractivity contribution in [3.8, 4) is 0 Å². The van der Waals surface area contributed by atoms with Crippen molar-refractivity contribution in [2.45, 2.75) is 25.4 Å². The Bertz CT molecular complexity index is 850. The van der Waals surface area contributed by atoms with E-state index < -0.39 is 17.5 Å². The number of ether oxygens (including phenoxy) is 1. The van der Waals surface area contributed by atoms with Gasteiger partial charge in [-0.1, -0.05) is 30.3 Å². The fourth-order valence-electron chi connectivity index (χ4n) is 2.47. The minimum Gasteiger partial charge on any atom is -0.452 e. The van der Waals surface area contributed by atoms with Gasteiger partial charge in [-0.3, -0.25) is 14.9 Å². The molecule has 0 spiro atoms. The summed E-state index contributed by atoms with van der Waals surface area (Å²) in [7, 11) is 0. The first kappa shape index (κ1) is 18.4. The van der Waals surface area contributed by atoms with Crippen molar-refractivity contribution in [1.29, 1.82) is 0 Å². The third-order valence-electron chi connectivity index (χ3n) is 4.04. The summed E-state index contributed by atoms with van der Waals surface area (Å²) in [5.74, 6) is -1.17. The first-order valence-corrected chi connectivity index (χ1v) is 8.55. The zero-order valence-corrected chi connectivity index (χ0v) is 14.5. The number of esters is 1. The van der Waals surface area contributed by atoms with Crippen LogP contribution in [-0.2, 0) is 16.1 Å². The van der Waals surface area contributed by atoms with Gasteiger partial charge in [-0.05, 0) is 24.5 Å². The highest BCUT2D eigenvalue weighted by Gasteiger charge is 2.24. The maximum Gasteiger partial charge on any atom is 0.341 e. The molecule has 0 aliphatic heterocycles. The van der Waals surface area contributed by atoms with Crippen LogP contribution in [0.3, 0.4) is 0 Å². The Hall–Kier alpha value is -3.42. The van der Waals surface area contributed by atoms with Crippen molar-refractivity contribution in [2.75, 3.05) is 11.9 Å². The highest BCUT2D eigenvalue weighted by atomic mass is 16.6. The number of non-ortho nitro benzene ring substituents is 1. The number of anilines is 1. The zero-order valence-electron chi connectivity index (χ0n) is 14.5. The highest BCUT2D eigenvalue weighted by molar-refractivity contribution is 5.97. The van der Waals surface area contributed by atoms with Crippen molar-refractivity contribution >= 4 is 23.3 Å². The lowest BCUT2D eigenvalue weighted by molar-refractivity contribution is -0.384. The van der Waals surface area contributed by atoms with Crippen LogP contribution in [0.1, 0.15) is 28.8 Å². The molecule has 2 N–H and O–H groups in total. The predicted molar refractivity (Wildman–Crippen MR) is 98.3 cm³/mol. The van der Waals surface area contributed by atoms with E-state index in [-0.39, 0.29) is 23.2 Å². The second-order valence-electron chi connectivity index (χ2n) is 6.24. The Morgan fingerprint density at radius 1 is 1.15 bits per heavy atom. The van der Waals surface area contributed by atoms with E-state index in [2.05, 4.69) is 10.6 Å². The van der Waals surface area contributed by atoms with Crippen molar-refractivity contribution in [2.24, 2.45) is 0 Å². The van der Waals surface area contributed by atoms with Crippen LogP contribution in [0.15, 0.2) is 48.5 Å². The van der Waals surface area contributed by atoms with E-state index >= 15 is 0 Å². The Morgan fingerprint density at radius 2 is 1.89 bits per heavy atom. The molecule has 0 unspecified atom stereocenters. The van der Waals surface area contributed by atoms with Crippen molar-refractivity contribution in [1.82, 2.24) is 5.32 Å². The molecule has 3 rings (SSSR count). The lowest BCUT2D eigenvalue weighted by atomic mass is 10.1. The van der Waals surface area contributed by atoms with Gasteiger partial charge in [0, 0.05) is 30.4 Å². The average Bonchev–Trinajstić information content (AvgIpc) is 3.49. The number of nitro benzene ring substituents is 1. The lowest BCUT2D eigenvalue weighted by Crippen LogP contribution is -2.30. The second kappa shape index (κ2) is 8.31. The van der Waals surface area contributed by atoms with Crippen molar-refractivity contribution < 1.29 is 19.2 Å². The van der Waals surface area contributed by atoms with Crippen LogP contribution in [0.25, 0.3) is 0 Å². The van der Waals surface area contributed by atoms with E-state index in [9.17, 15) is 19.7 Å². The SMILES string of the molecule is O=C(COC(=O)c1cc([N+](=O)[O-])ccc1NCc1ccccc1)NC1CC1. The van der Waals surface area contributed by atoms with Gasteiger partial charge in [0.15, 0.2) is 6.61 Å². The Labute approximate surface area is 155 Å². The van der Waals surface area contributed by atoms with Crippen LogP contribution in [0.4, 0.5) is 11.4 Å². The maximum absolute atomic E-state index is 12.4. The van der Waals surface area contributed by atoms with Gasteiger partial charge in [-0.2, -0.15) is 0 Å². The number of nitrogens with one attached hydrogen (secondary N) is 2. The van der Waals surface area contributed by atoms with Crippen molar-refractivity contribution in [3.05, 3.63) is 69.8 Å². The molecule has 0 saturated heterocycles. The first-order valence-electron chi connectivity index (χ1n) is 8.55. The van der Waals surface area contributed by atoms with E-state index in [4.69, 9.17) is 4.74 Å². The van der Waals surface area contributed by atoms with Crippen LogP contribution < -0.4 is 10.6 Å². The van der Waals surface area contributed by atoms with Crippen molar-refractivity contribution in [3.63, 3.8) is 0 Å². The van der Waals surface area contributed by atoms with Gasteiger partial charge in [0.2, 0.25) is 0 Å². The summed E-state index contributed by atoms with van der Waals surface area (Å²) in [6.45, 7) is 0.0112. The molecular weight excluding hydrogens is 350 g/mol. The Kier molecular flexibility index (Phi) is 5.65. The van der Waals surface area contributed by atoms with E-state index in [0.29, 0.717) is 12.2 Å². The molecule has 27 heavy (non-hydrogen) atoms. The summed E-state index contributed by atoms with van der Waals surface area (Å²) >= 11 is 0. The van der Waals surface area contributed by atoms with Crippen LogP contribution in [0.2, 0.25) is 0 Å². The number of benzene rings is 2. The maximum atomic E-state index is 12.4. The number of carbonyl (C=O) groups is 2. The quantitative estimate of drug-likeness (QED) is 0.420. The fourth-order valence-corrected chi connectivity index (χ4v) is 2.47. The molecule has 8 nitrogen and oxygen atoms in total. The van der Waals surface area contributed by atoms with E-state index in [1.54, 1.807) is 0 Å². The van der Waals surface area contributed by atoms with Gasteiger partial charge < -0.3 is 15.4 Å².